The van der Waals surface area contributed by atoms with Crippen LogP contribution in [0.15, 0.2) is 5.38 Å². The van der Waals surface area contributed by atoms with Crippen molar-refractivity contribution in [2.24, 2.45) is 5.84 Å². The number of nitrogens with two attached hydrogens (primary N) is 1. The first-order valence-electron chi connectivity index (χ1n) is 5.51. The summed E-state index contributed by atoms with van der Waals surface area (Å²) >= 11 is 1.61. The minimum absolute atomic E-state index is 0.208. The fraction of sp³-hybridized carbons (Fsp3) is 0.400. The summed E-state index contributed by atoms with van der Waals surface area (Å²) in [6, 6.07) is 0.208. The van der Waals surface area contributed by atoms with Gasteiger partial charge in [0.2, 0.25) is 11.9 Å². The molecule has 8 nitrogen and oxygen atoms in total. The highest BCUT2D eigenvalue weighted by Crippen LogP contribution is 2.16. The molecule has 2 aromatic rings. The van der Waals surface area contributed by atoms with Crippen LogP contribution >= 0.6 is 11.3 Å². The lowest BCUT2D eigenvalue weighted by Crippen LogP contribution is -2.21. The molecular weight excluding hydrogens is 266 g/mol. The van der Waals surface area contributed by atoms with Crippen LogP contribution in [0.1, 0.15) is 10.7 Å². The van der Waals surface area contributed by atoms with E-state index in [0.717, 1.165) is 10.7 Å². The fourth-order valence-electron chi connectivity index (χ4n) is 1.47. The molecule has 9 heteroatoms. The Hall–Kier alpha value is -2.00. The van der Waals surface area contributed by atoms with Crippen molar-refractivity contribution < 1.29 is 4.74 Å². The van der Waals surface area contributed by atoms with Gasteiger partial charge in [0.05, 0.1) is 24.4 Å². The molecule has 0 aliphatic carbocycles. The van der Waals surface area contributed by atoms with Gasteiger partial charge in [-0.2, -0.15) is 15.0 Å². The Labute approximate surface area is 114 Å². The zero-order valence-electron chi connectivity index (χ0n) is 10.9. The molecule has 0 aliphatic rings. The standard InChI is InChI=1S/C10H15N7OS/c1-6-12-7(5-19-6)4-17(2)9-13-8(16-11)14-10(15-9)18-3/h5H,4,11H2,1-3H3,(H,13,14,15,16). The molecule has 0 bridgehead atoms. The molecule has 0 radical (unpaired) electrons. The molecular formula is C10H15N7OS. The van der Waals surface area contributed by atoms with Crippen LogP contribution in [-0.2, 0) is 6.54 Å². The number of nitrogens with zero attached hydrogens (tertiary/aromatic N) is 5. The van der Waals surface area contributed by atoms with E-state index in [0.29, 0.717) is 12.5 Å². The first-order valence-corrected chi connectivity index (χ1v) is 6.39. The van der Waals surface area contributed by atoms with Crippen LogP contribution in [0.5, 0.6) is 6.01 Å². The minimum atomic E-state index is 0.208. The van der Waals surface area contributed by atoms with E-state index in [2.05, 4.69) is 25.4 Å². The summed E-state index contributed by atoms with van der Waals surface area (Å²) in [6.07, 6.45) is 0. The van der Waals surface area contributed by atoms with Gasteiger partial charge in [0.1, 0.15) is 0 Å². The van der Waals surface area contributed by atoms with E-state index in [1.807, 2.05) is 24.3 Å². The van der Waals surface area contributed by atoms with Crippen molar-refractivity contribution in [2.45, 2.75) is 13.5 Å². The summed E-state index contributed by atoms with van der Waals surface area (Å²) in [5.74, 6) is 6.03. The number of nitrogen functional groups attached to an aromatic ring is 1. The van der Waals surface area contributed by atoms with Crippen molar-refractivity contribution in [3.8, 4) is 6.01 Å². The van der Waals surface area contributed by atoms with Crippen molar-refractivity contribution in [2.75, 3.05) is 24.5 Å². The Morgan fingerprint density at radius 3 is 2.74 bits per heavy atom. The van der Waals surface area contributed by atoms with Crippen molar-refractivity contribution in [1.82, 2.24) is 19.9 Å². The van der Waals surface area contributed by atoms with Gasteiger partial charge in [-0.25, -0.2) is 10.8 Å². The normalized spacial score (nSPS) is 10.3. The number of thiazole rings is 1. The maximum atomic E-state index is 5.31. The van der Waals surface area contributed by atoms with Crippen LogP contribution in [0.25, 0.3) is 0 Å². The molecule has 0 spiro atoms. The smallest absolute Gasteiger partial charge is 0.322 e. The average molecular weight is 281 g/mol. The summed E-state index contributed by atoms with van der Waals surface area (Å²) in [5, 5.41) is 3.03. The second kappa shape index (κ2) is 5.76. The van der Waals surface area contributed by atoms with Crippen LogP contribution in [0.2, 0.25) is 0 Å². The number of hydrogen-bond acceptors (Lipinski definition) is 9. The number of anilines is 2. The number of hydrazine groups is 1. The van der Waals surface area contributed by atoms with Gasteiger partial charge >= 0.3 is 6.01 Å². The Morgan fingerprint density at radius 2 is 2.16 bits per heavy atom. The molecule has 2 heterocycles. The van der Waals surface area contributed by atoms with E-state index in [9.17, 15) is 0 Å². The van der Waals surface area contributed by atoms with Crippen LogP contribution in [0, 0.1) is 6.92 Å². The zero-order chi connectivity index (χ0) is 13.8. The minimum Gasteiger partial charge on any atom is -0.467 e. The van der Waals surface area contributed by atoms with E-state index in [1.54, 1.807) is 11.3 Å². The molecule has 0 amide bonds. The van der Waals surface area contributed by atoms with Crippen LogP contribution in [0.4, 0.5) is 11.9 Å². The van der Waals surface area contributed by atoms with Gasteiger partial charge < -0.3 is 9.64 Å². The molecule has 2 rings (SSSR count). The van der Waals surface area contributed by atoms with Crippen molar-refractivity contribution in [3.63, 3.8) is 0 Å². The van der Waals surface area contributed by atoms with Crippen LogP contribution < -0.4 is 20.9 Å². The van der Waals surface area contributed by atoms with Crippen LogP contribution in [0.3, 0.4) is 0 Å². The van der Waals surface area contributed by atoms with E-state index in [1.165, 1.54) is 7.11 Å². The second-order valence-corrected chi connectivity index (χ2v) is 4.87. The quantitative estimate of drug-likeness (QED) is 0.605. The van der Waals surface area contributed by atoms with Gasteiger partial charge in [-0.1, -0.05) is 0 Å². The van der Waals surface area contributed by atoms with Gasteiger partial charge in [0.15, 0.2) is 0 Å². The van der Waals surface area contributed by atoms with Gasteiger partial charge in [-0.3, -0.25) is 5.43 Å². The highest BCUT2D eigenvalue weighted by Gasteiger charge is 2.11. The summed E-state index contributed by atoms with van der Waals surface area (Å²) in [7, 11) is 3.35. The number of aromatic nitrogens is 4. The SMILES string of the molecule is COc1nc(NN)nc(N(C)Cc2csc(C)n2)n1. The zero-order valence-corrected chi connectivity index (χ0v) is 11.7. The molecule has 0 saturated carbocycles. The van der Waals surface area contributed by atoms with Crippen molar-refractivity contribution in [3.05, 3.63) is 16.1 Å². The molecule has 19 heavy (non-hydrogen) atoms. The lowest BCUT2D eigenvalue weighted by molar-refractivity contribution is 0.379. The topological polar surface area (TPSA) is 102 Å². The van der Waals surface area contributed by atoms with E-state index >= 15 is 0 Å². The third-order valence-corrected chi connectivity index (χ3v) is 3.14. The maximum absolute atomic E-state index is 5.31. The molecule has 102 valence electrons. The molecule has 2 aromatic heterocycles. The van der Waals surface area contributed by atoms with E-state index in [-0.39, 0.29) is 12.0 Å². The number of ether oxygens (including phenoxy) is 1. The molecule has 0 unspecified atom stereocenters. The lowest BCUT2D eigenvalue weighted by atomic mass is 10.4. The number of methoxy groups -OCH3 is 1. The largest absolute Gasteiger partial charge is 0.467 e. The predicted octanol–water partition coefficient (Wildman–Crippen LogP) is 0.567. The number of aryl methyl sites for hydroxylation is 1. The summed E-state index contributed by atoms with van der Waals surface area (Å²) in [6.45, 7) is 2.57. The predicted molar refractivity (Wildman–Crippen MR) is 73.1 cm³/mol. The molecule has 0 atom stereocenters. The van der Waals surface area contributed by atoms with Gasteiger partial charge in [0, 0.05) is 12.4 Å². The lowest BCUT2D eigenvalue weighted by Gasteiger charge is -2.16. The van der Waals surface area contributed by atoms with Gasteiger partial charge in [-0.05, 0) is 6.92 Å². The third kappa shape index (κ3) is 3.26. The maximum Gasteiger partial charge on any atom is 0.322 e. The Bertz CT molecular complexity index is 536. The first kappa shape index (κ1) is 13.4. The summed E-state index contributed by atoms with van der Waals surface area (Å²) in [5.41, 5.74) is 3.35. The van der Waals surface area contributed by atoms with Gasteiger partial charge in [-0.15, -0.1) is 11.3 Å². The number of rotatable bonds is 5. The highest BCUT2D eigenvalue weighted by atomic mass is 32.1. The van der Waals surface area contributed by atoms with Crippen molar-refractivity contribution >= 4 is 23.2 Å². The molecule has 0 fully saturated rings. The van der Waals surface area contributed by atoms with Crippen molar-refractivity contribution in [1.29, 1.82) is 0 Å². The number of nitrogens with one attached hydrogen (secondary N) is 1. The molecule has 0 aromatic carbocycles. The number of hydrogen-bond donors (Lipinski definition) is 2. The third-order valence-electron chi connectivity index (χ3n) is 2.32. The van der Waals surface area contributed by atoms with E-state index in [4.69, 9.17) is 10.6 Å². The molecule has 0 saturated heterocycles. The van der Waals surface area contributed by atoms with Crippen LogP contribution in [-0.4, -0.2) is 34.1 Å². The summed E-state index contributed by atoms with van der Waals surface area (Å²) in [4.78, 5) is 18.5. The molecule has 0 aliphatic heterocycles. The fourth-order valence-corrected chi connectivity index (χ4v) is 2.07. The second-order valence-electron chi connectivity index (χ2n) is 3.80. The van der Waals surface area contributed by atoms with Gasteiger partial charge in [0.25, 0.3) is 0 Å². The molecule has 3 N–H and O–H groups in total. The summed E-state index contributed by atoms with van der Waals surface area (Å²) < 4.78 is 5.00. The average Bonchev–Trinajstić information content (AvgIpc) is 2.83. The first-order chi connectivity index (χ1) is 9.12. The Balaban J connectivity index is 2.20. The monoisotopic (exact) mass is 281 g/mol. The van der Waals surface area contributed by atoms with E-state index < -0.39 is 0 Å². The Kier molecular flexibility index (Phi) is 4.07. The highest BCUT2D eigenvalue weighted by molar-refractivity contribution is 7.09. The Morgan fingerprint density at radius 1 is 1.37 bits per heavy atom.